The molecule has 2 rings (SSSR count). The second-order valence-electron chi connectivity index (χ2n) is 3.55. The summed E-state index contributed by atoms with van der Waals surface area (Å²) in [4.78, 5) is 19.4. The van der Waals surface area contributed by atoms with Crippen molar-refractivity contribution >= 4 is 16.8 Å². The molecule has 0 fully saturated rings. The van der Waals surface area contributed by atoms with Gasteiger partial charge in [0.05, 0.1) is 0 Å². The monoisotopic (exact) mass is 200 g/mol. The number of hydrogen-bond acceptors (Lipinski definition) is 3. The van der Waals surface area contributed by atoms with E-state index in [-0.39, 0.29) is 5.78 Å². The summed E-state index contributed by atoms with van der Waals surface area (Å²) in [6, 6.07) is 7.81. The van der Waals surface area contributed by atoms with Crippen molar-refractivity contribution < 1.29 is 4.79 Å². The van der Waals surface area contributed by atoms with Crippen molar-refractivity contribution in [3.63, 3.8) is 0 Å². The SMILES string of the molecule is CC(=O)CCc1ccc2cccnc2n1. The maximum atomic E-state index is 10.8. The third-order valence-electron chi connectivity index (χ3n) is 2.25. The van der Waals surface area contributed by atoms with Gasteiger partial charge in [-0.1, -0.05) is 0 Å². The fourth-order valence-electron chi connectivity index (χ4n) is 1.44. The first kappa shape index (κ1) is 9.77. The number of rotatable bonds is 3. The molecule has 2 aromatic rings. The van der Waals surface area contributed by atoms with Crippen LogP contribution in [-0.2, 0) is 11.2 Å². The van der Waals surface area contributed by atoms with Gasteiger partial charge >= 0.3 is 0 Å². The second kappa shape index (κ2) is 4.17. The first-order valence-electron chi connectivity index (χ1n) is 4.96. The van der Waals surface area contributed by atoms with Crippen molar-refractivity contribution in [3.05, 3.63) is 36.2 Å². The van der Waals surface area contributed by atoms with Gasteiger partial charge < -0.3 is 4.79 Å². The molecule has 0 aromatic carbocycles. The van der Waals surface area contributed by atoms with E-state index in [0.717, 1.165) is 16.7 Å². The van der Waals surface area contributed by atoms with Crippen LogP contribution in [0, 0.1) is 0 Å². The summed E-state index contributed by atoms with van der Waals surface area (Å²) in [5.41, 5.74) is 1.68. The third kappa shape index (κ3) is 2.37. The van der Waals surface area contributed by atoms with Gasteiger partial charge in [-0.05, 0) is 37.6 Å². The molecule has 15 heavy (non-hydrogen) atoms. The van der Waals surface area contributed by atoms with Crippen molar-refractivity contribution in [2.75, 3.05) is 0 Å². The van der Waals surface area contributed by atoms with Crippen LogP contribution in [0.5, 0.6) is 0 Å². The number of ketones is 1. The topological polar surface area (TPSA) is 42.9 Å². The maximum absolute atomic E-state index is 10.8. The quantitative estimate of drug-likeness (QED) is 0.762. The standard InChI is InChI=1S/C12H12N2O/c1-9(15)4-6-11-7-5-10-3-2-8-13-12(10)14-11/h2-3,5,7-8H,4,6H2,1H3. The van der Waals surface area contributed by atoms with E-state index >= 15 is 0 Å². The van der Waals surface area contributed by atoms with Crippen molar-refractivity contribution in [2.45, 2.75) is 19.8 Å². The van der Waals surface area contributed by atoms with E-state index in [1.54, 1.807) is 13.1 Å². The Morgan fingerprint density at radius 2 is 2.20 bits per heavy atom. The molecule has 0 atom stereocenters. The highest BCUT2D eigenvalue weighted by atomic mass is 16.1. The van der Waals surface area contributed by atoms with Gasteiger partial charge in [-0.2, -0.15) is 0 Å². The molecule has 0 saturated heterocycles. The van der Waals surface area contributed by atoms with Gasteiger partial charge in [-0.3, -0.25) is 0 Å². The summed E-state index contributed by atoms with van der Waals surface area (Å²) in [6.45, 7) is 1.60. The summed E-state index contributed by atoms with van der Waals surface area (Å²) < 4.78 is 0. The predicted octanol–water partition coefficient (Wildman–Crippen LogP) is 2.15. The van der Waals surface area contributed by atoms with Crippen molar-refractivity contribution in [1.82, 2.24) is 9.97 Å². The van der Waals surface area contributed by atoms with Crippen molar-refractivity contribution in [2.24, 2.45) is 0 Å². The van der Waals surface area contributed by atoms with E-state index in [4.69, 9.17) is 0 Å². The number of carbonyl (C=O) groups is 1. The van der Waals surface area contributed by atoms with E-state index in [1.807, 2.05) is 24.3 Å². The summed E-state index contributed by atoms with van der Waals surface area (Å²) in [7, 11) is 0. The van der Waals surface area contributed by atoms with Gasteiger partial charge in [0.2, 0.25) is 0 Å². The van der Waals surface area contributed by atoms with E-state index in [9.17, 15) is 4.79 Å². The minimum absolute atomic E-state index is 0.193. The van der Waals surface area contributed by atoms with Crippen molar-refractivity contribution in [3.8, 4) is 0 Å². The molecule has 3 nitrogen and oxygen atoms in total. The van der Waals surface area contributed by atoms with Crippen LogP contribution < -0.4 is 0 Å². The highest BCUT2D eigenvalue weighted by molar-refractivity contribution is 5.76. The highest BCUT2D eigenvalue weighted by Gasteiger charge is 2.00. The number of fused-ring (bicyclic) bond motifs is 1. The van der Waals surface area contributed by atoms with Crippen LogP contribution in [0.3, 0.4) is 0 Å². The number of nitrogens with zero attached hydrogens (tertiary/aromatic N) is 2. The number of aromatic nitrogens is 2. The molecule has 0 radical (unpaired) electrons. The zero-order valence-corrected chi connectivity index (χ0v) is 8.60. The first-order valence-corrected chi connectivity index (χ1v) is 4.96. The Morgan fingerprint density at radius 3 is 3.00 bits per heavy atom. The Balaban J connectivity index is 2.26. The molecule has 0 unspecified atom stereocenters. The molecule has 2 aromatic heterocycles. The van der Waals surface area contributed by atoms with Crippen LogP contribution >= 0.6 is 0 Å². The zero-order chi connectivity index (χ0) is 10.7. The van der Waals surface area contributed by atoms with Gasteiger partial charge in [0, 0.05) is 23.7 Å². The molecular weight excluding hydrogens is 188 g/mol. The molecule has 0 aliphatic carbocycles. The molecule has 76 valence electrons. The molecule has 0 spiro atoms. The minimum atomic E-state index is 0.193. The van der Waals surface area contributed by atoms with E-state index in [1.165, 1.54) is 0 Å². The van der Waals surface area contributed by atoms with Crippen molar-refractivity contribution in [1.29, 1.82) is 0 Å². The summed E-state index contributed by atoms with van der Waals surface area (Å²) in [5.74, 6) is 0.193. The lowest BCUT2D eigenvalue weighted by atomic mass is 10.1. The van der Waals surface area contributed by atoms with Crippen LogP contribution in [0.4, 0.5) is 0 Å². The predicted molar refractivity (Wildman–Crippen MR) is 58.5 cm³/mol. The lowest BCUT2D eigenvalue weighted by molar-refractivity contribution is -0.116. The number of Topliss-reactive ketones (excluding diaryl/α,β-unsaturated/α-hetero) is 1. The Labute approximate surface area is 88.2 Å². The van der Waals surface area contributed by atoms with Crippen LogP contribution in [-0.4, -0.2) is 15.8 Å². The fraction of sp³-hybridized carbons (Fsp3) is 0.250. The molecule has 3 heteroatoms. The lowest BCUT2D eigenvalue weighted by Gasteiger charge is -2.00. The van der Waals surface area contributed by atoms with Crippen LogP contribution in [0.15, 0.2) is 30.5 Å². The average Bonchev–Trinajstić information content (AvgIpc) is 2.26. The van der Waals surface area contributed by atoms with E-state index in [0.29, 0.717) is 12.8 Å². The molecule has 0 bridgehead atoms. The van der Waals surface area contributed by atoms with Gasteiger partial charge in [0.25, 0.3) is 0 Å². The lowest BCUT2D eigenvalue weighted by Crippen LogP contribution is -1.97. The van der Waals surface area contributed by atoms with Gasteiger partial charge in [0.15, 0.2) is 5.65 Å². The molecule has 0 aliphatic heterocycles. The molecule has 0 amide bonds. The summed E-state index contributed by atoms with van der Waals surface area (Å²) in [5, 5.41) is 1.03. The average molecular weight is 200 g/mol. The van der Waals surface area contributed by atoms with Crippen LogP contribution in [0.25, 0.3) is 11.0 Å². The minimum Gasteiger partial charge on any atom is -0.300 e. The Morgan fingerprint density at radius 1 is 1.33 bits per heavy atom. The Bertz CT molecular complexity index is 494. The number of hydrogen-bond donors (Lipinski definition) is 0. The van der Waals surface area contributed by atoms with Gasteiger partial charge in [-0.25, -0.2) is 9.97 Å². The van der Waals surface area contributed by atoms with Crippen LogP contribution in [0.2, 0.25) is 0 Å². The smallest absolute Gasteiger partial charge is 0.159 e. The molecule has 2 heterocycles. The number of pyridine rings is 2. The van der Waals surface area contributed by atoms with Crippen LogP contribution in [0.1, 0.15) is 19.0 Å². The van der Waals surface area contributed by atoms with E-state index in [2.05, 4.69) is 9.97 Å². The van der Waals surface area contributed by atoms with Gasteiger partial charge in [0.1, 0.15) is 5.78 Å². The molecule has 0 N–H and O–H groups in total. The zero-order valence-electron chi connectivity index (χ0n) is 8.60. The maximum Gasteiger partial charge on any atom is 0.159 e. The number of aryl methyl sites for hydroxylation is 1. The first-order chi connectivity index (χ1) is 7.25. The Kier molecular flexibility index (Phi) is 2.72. The molecule has 0 aliphatic rings. The summed E-state index contributed by atoms with van der Waals surface area (Å²) in [6.07, 6.45) is 2.97. The van der Waals surface area contributed by atoms with Gasteiger partial charge in [-0.15, -0.1) is 0 Å². The molecule has 0 saturated carbocycles. The largest absolute Gasteiger partial charge is 0.300 e. The fourth-order valence-corrected chi connectivity index (χ4v) is 1.44. The third-order valence-corrected chi connectivity index (χ3v) is 2.25. The number of carbonyl (C=O) groups excluding carboxylic acids is 1. The van der Waals surface area contributed by atoms with E-state index < -0.39 is 0 Å². The molecular formula is C12H12N2O. The normalized spacial score (nSPS) is 10.5. The highest BCUT2D eigenvalue weighted by Crippen LogP contribution is 2.10. The second-order valence-corrected chi connectivity index (χ2v) is 3.55. The summed E-state index contributed by atoms with van der Waals surface area (Å²) >= 11 is 0. The Hall–Kier alpha value is -1.77.